The highest BCUT2D eigenvalue weighted by molar-refractivity contribution is 5.77. The normalized spacial score (nSPS) is 19.6. The first-order valence-electron chi connectivity index (χ1n) is 8.75. The Morgan fingerprint density at radius 2 is 2.09 bits per heavy atom. The highest BCUT2D eigenvalue weighted by Gasteiger charge is 2.25. The van der Waals surface area contributed by atoms with Crippen LogP contribution in [0.5, 0.6) is 0 Å². The summed E-state index contributed by atoms with van der Waals surface area (Å²) in [7, 11) is 0. The molecule has 1 fully saturated rings. The van der Waals surface area contributed by atoms with Crippen LogP contribution in [-0.2, 0) is 9.53 Å². The number of amides is 1. The molecule has 4 heteroatoms. The lowest BCUT2D eigenvalue weighted by Crippen LogP contribution is -2.41. The van der Waals surface area contributed by atoms with Gasteiger partial charge in [0.05, 0.1) is 6.61 Å². The topological polar surface area (TPSA) is 29.5 Å². The third-order valence-electron chi connectivity index (χ3n) is 4.68. The predicted molar refractivity (Wildman–Crippen MR) is 89.8 cm³/mol. The van der Waals surface area contributed by atoms with Crippen molar-refractivity contribution in [2.45, 2.75) is 45.4 Å². The minimum atomic E-state index is -0.232. The monoisotopic (exact) mass is 321 g/mol. The molecule has 2 rings (SSSR count). The SMILES string of the molecule is CCOCC1CCCN(C(=O)CC(CC)c2ccc(F)cc2)C1. The largest absolute Gasteiger partial charge is 0.381 e. The number of ether oxygens (including phenoxy) is 1. The number of carbonyl (C=O) groups excluding carboxylic acids is 1. The first-order chi connectivity index (χ1) is 11.1. The first-order valence-corrected chi connectivity index (χ1v) is 8.75. The number of halogens is 1. The molecular weight excluding hydrogens is 293 g/mol. The maximum atomic E-state index is 13.1. The molecule has 1 aromatic rings. The number of carbonyl (C=O) groups is 1. The summed E-state index contributed by atoms with van der Waals surface area (Å²) in [6.07, 6.45) is 3.58. The first kappa shape index (κ1) is 17.9. The summed E-state index contributed by atoms with van der Waals surface area (Å²) >= 11 is 0. The minimum Gasteiger partial charge on any atom is -0.381 e. The van der Waals surface area contributed by atoms with E-state index in [1.54, 1.807) is 12.1 Å². The maximum absolute atomic E-state index is 13.1. The Labute approximate surface area is 138 Å². The van der Waals surface area contributed by atoms with E-state index >= 15 is 0 Å². The van der Waals surface area contributed by atoms with Gasteiger partial charge >= 0.3 is 0 Å². The summed E-state index contributed by atoms with van der Waals surface area (Å²) in [4.78, 5) is 14.6. The molecule has 0 aliphatic carbocycles. The lowest BCUT2D eigenvalue weighted by Gasteiger charge is -2.33. The van der Waals surface area contributed by atoms with Crippen molar-refractivity contribution < 1.29 is 13.9 Å². The van der Waals surface area contributed by atoms with Gasteiger partial charge in [-0.15, -0.1) is 0 Å². The number of piperidine rings is 1. The van der Waals surface area contributed by atoms with Crippen LogP contribution in [0.4, 0.5) is 4.39 Å². The van der Waals surface area contributed by atoms with Gasteiger partial charge in [0.25, 0.3) is 0 Å². The number of hydrogen-bond acceptors (Lipinski definition) is 2. The molecule has 3 nitrogen and oxygen atoms in total. The summed E-state index contributed by atoms with van der Waals surface area (Å²) in [6, 6.07) is 6.54. The van der Waals surface area contributed by atoms with E-state index in [1.165, 1.54) is 12.1 Å². The van der Waals surface area contributed by atoms with E-state index in [1.807, 2.05) is 11.8 Å². The Balaban J connectivity index is 1.92. The molecule has 0 bridgehead atoms. The van der Waals surface area contributed by atoms with E-state index < -0.39 is 0 Å². The third kappa shape index (κ3) is 5.31. The Morgan fingerprint density at radius 1 is 1.35 bits per heavy atom. The molecule has 1 heterocycles. The van der Waals surface area contributed by atoms with Gasteiger partial charge in [0.15, 0.2) is 0 Å². The Bertz CT molecular complexity index is 489. The van der Waals surface area contributed by atoms with Crippen molar-refractivity contribution in [3.63, 3.8) is 0 Å². The van der Waals surface area contributed by atoms with Crippen molar-refractivity contribution in [1.82, 2.24) is 4.90 Å². The molecule has 0 saturated carbocycles. The molecule has 0 spiro atoms. The van der Waals surface area contributed by atoms with Crippen molar-refractivity contribution in [2.75, 3.05) is 26.3 Å². The molecule has 23 heavy (non-hydrogen) atoms. The van der Waals surface area contributed by atoms with Crippen molar-refractivity contribution >= 4 is 5.91 Å². The number of likely N-dealkylation sites (tertiary alicyclic amines) is 1. The van der Waals surface area contributed by atoms with Crippen molar-refractivity contribution in [2.24, 2.45) is 5.92 Å². The van der Waals surface area contributed by atoms with Crippen LogP contribution in [0.3, 0.4) is 0 Å². The van der Waals surface area contributed by atoms with Crippen LogP contribution in [-0.4, -0.2) is 37.1 Å². The van der Waals surface area contributed by atoms with E-state index in [2.05, 4.69) is 6.92 Å². The van der Waals surface area contributed by atoms with Gasteiger partial charge in [-0.1, -0.05) is 19.1 Å². The zero-order valence-corrected chi connectivity index (χ0v) is 14.3. The van der Waals surface area contributed by atoms with Crippen LogP contribution in [0.1, 0.15) is 51.0 Å². The number of hydrogen-bond donors (Lipinski definition) is 0. The van der Waals surface area contributed by atoms with Gasteiger partial charge in [-0.05, 0) is 55.7 Å². The second-order valence-electron chi connectivity index (χ2n) is 6.37. The Morgan fingerprint density at radius 3 is 2.74 bits per heavy atom. The van der Waals surface area contributed by atoms with Crippen molar-refractivity contribution in [3.8, 4) is 0 Å². The van der Waals surface area contributed by atoms with Gasteiger partial charge in [-0.25, -0.2) is 4.39 Å². The zero-order valence-electron chi connectivity index (χ0n) is 14.3. The summed E-state index contributed by atoms with van der Waals surface area (Å²) in [6.45, 7) is 7.21. The fourth-order valence-corrected chi connectivity index (χ4v) is 3.28. The molecular formula is C19H28FNO2. The Hall–Kier alpha value is -1.42. The van der Waals surface area contributed by atoms with Crippen LogP contribution in [0.25, 0.3) is 0 Å². The molecule has 1 aromatic carbocycles. The van der Waals surface area contributed by atoms with Crippen molar-refractivity contribution in [1.29, 1.82) is 0 Å². The summed E-state index contributed by atoms with van der Waals surface area (Å²) in [5, 5.41) is 0. The molecule has 1 aliphatic rings. The predicted octanol–water partition coefficient (Wildman–Crippen LogP) is 3.98. The summed E-state index contributed by atoms with van der Waals surface area (Å²) in [5.74, 6) is 0.598. The molecule has 1 saturated heterocycles. The zero-order chi connectivity index (χ0) is 16.7. The molecule has 0 radical (unpaired) electrons. The number of benzene rings is 1. The molecule has 2 unspecified atom stereocenters. The summed E-state index contributed by atoms with van der Waals surface area (Å²) < 4.78 is 18.6. The average Bonchev–Trinajstić information content (AvgIpc) is 2.58. The van der Waals surface area contributed by atoms with Crippen LogP contribution in [0.15, 0.2) is 24.3 Å². The third-order valence-corrected chi connectivity index (χ3v) is 4.68. The highest BCUT2D eigenvalue weighted by Crippen LogP contribution is 2.26. The minimum absolute atomic E-state index is 0.162. The second kappa shape index (κ2) is 9.02. The average molecular weight is 321 g/mol. The van der Waals surface area contributed by atoms with Crippen LogP contribution >= 0.6 is 0 Å². The molecule has 128 valence electrons. The molecule has 0 N–H and O–H groups in total. The van der Waals surface area contributed by atoms with Crippen LogP contribution in [0.2, 0.25) is 0 Å². The van der Waals surface area contributed by atoms with Gasteiger partial charge < -0.3 is 9.64 Å². The molecule has 2 atom stereocenters. The molecule has 1 aliphatic heterocycles. The standard InChI is InChI=1S/C19H28FNO2/c1-3-16(17-7-9-18(20)10-8-17)12-19(22)21-11-5-6-15(13-21)14-23-4-2/h7-10,15-16H,3-6,11-14H2,1-2H3. The number of rotatable bonds is 7. The lowest BCUT2D eigenvalue weighted by molar-refractivity contribution is -0.133. The number of nitrogens with zero attached hydrogens (tertiary/aromatic N) is 1. The van der Waals surface area contributed by atoms with E-state index in [0.717, 1.165) is 51.1 Å². The van der Waals surface area contributed by atoms with Gasteiger partial charge in [0, 0.05) is 26.1 Å². The van der Waals surface area contributed by atoms with E-state index in [0.29, 0.717) is 12.3 Å². The fraction of sp³-hybridized carbons (Fsp3) is 0.632. The molecule has 1 amide bonds. The van der Waals surface area contributed by atoms with E-state index in [-0.39, 0.29) is 17.6 Å². The van der Waals surface area contributed by atoms with Gasteiger partial charge in [0.2, 0.25) is 5.91 Å². The smallest absolute Gasteiger partial charge is 0.223 e. The summed E-state index contributed by atoms with van der Waals surface area (Å²) in [5.41, 5.74) is 1.05. The second-order valence-corrected chi connectivity index (χ2v) is 6.37. The van der Waals surface area contributed by atoms with Crippen LogP contribution in [0, 0.1) is 11.7 Å². The molecule has 0 aromatic heterocycles. The lowest BCUT2D eigenvalue weighted by atomic mass is 9.91. The highest BCUT2D eigenvalue weighted by atomic mass is 19.1. The fourth-order valence-electron chi connectivity index (χ4n) is 3.28. The Kier molecular flexibility index (Phi) is 7.03. The van der Waals surface area contributed by atoms with Gasteiger partial charge in [0.1, 0.15) is 5.82 Å². The van der Waals surface area contributed by atoms with Gasteiger partial charge in [-0.3, -0.25) is 4.79 Å². The van der Waals surface area contributed by atoms with Crippen LogP contribution < -0.4 is 0 Å². The van der Waals surface area contributed by atoms with Crippen molar-refractivity contribution in [3.05, 3.63) is 35.6 Å². The quantitative estimate of drug-likeness (QED) is 0.760. The van der Waals surface area contributed by atoms with E-state index in [4.69, 9.17) is 4.74 Å². The van der Waals surface area contributed by atoms with E-state index in [9.17, 15) is 9.18 Å². The van der Waals surface area contributed by atoms with Gasteiger partial charge in [-0.2, -0.15) is 0 Å². The maximum Gasteiger partial charge on any atom is 0.223 e.